The monoisotopic (exact) mass is 507 g/mol. The van der Waals surface area contributed by atoms with Crippen molar-refractivity contribution >= 4 is 38.2 Å². The van der Waals surface area contributed by atoms with E-state index >= 15 is 0 Å². The number of benzene rings is 2. The fourth-order valence-corrected chi connectivity index (χ4v) is 6.95. The number of rotatable bonds is 9. The fraction of sp³-hybridized carbons (Fsp3) is 0.370. The number of aromatic nitrogens is 1. The van der Waals surface area contributed by atoms with Gasteiger partial charge in [-0.15, -0.1) is 0 Å². The molecule has 0 aliphatic carbocycles. The first-order chi connectivity index (χ1) is 17.4. The maximum atomic E-state index is 13.6. The number of ketones is 1. The third-order valence-electron chi connectivity index (χ3n) is 7.04. The number of carbonyl (C=O) groups is 2. The highest BCUT2D eigenvalue weighted by Crippen LogP contribution is 2.39. The van der Waals surface area contributed by atoms with Crippen molar-refractivity contribution in [2.75, 3.05) is 31.7 Å². The normalized spacial score (nSPS) is 18.2. The number of piperidine rings is 1. The van der Waals surface area contributed by atoms with Crippen molar-refractivity contribution in [3.63, 3.8) is 0 Å². The summed E-state index contributed by atoms with van der Waals surface area (Å²) in [5, 5.41) is 1.71. The van der Waals surface area contributed by atoms with E-state index in [1.807, 2.05) is 30.3 Å². The van der Waals surface area contributed by atoms with Crippen molar-refractivity contribution in [2.24, 2.45) is 0 Å². The minimum absolute atomic E-state index is 0.0452. The molecule has 0 saturated carbocycles. The predicted molar refractivity (Wildman–Crippen MR) is 137 cm³/mol. The van der Waals surface area contributed by atoms with Crippen LogP contribution in [0.2, 0.25) is 0 Å². The molecule has 5 rings (SSSR count). The van der Waals surface area contributed by atoms with E-state index in [2.05, 4.69) is 4.98 Å². The van der Waals surface area contributed by atoms with Gasteiger partial charge in [-0.2, -0.15) is 4.31 Å². The Morgan fingerprint density at radius 3 is 2.78 bits per heavy atom. The molecule has 2 aromatic carbocycles. The largest absolute Gasteiger partial charge is 0.385 e. The molecule has 2 aliphatic heterocycles. The molecule has 2 aliphatic rings. The summed E-state index contributed by atoms with van der Waals surface area (Å²) in [5.41, 5.74) is 2.28. The quantitative estimate of drug-likeness (QED) is 0.411. The second-order valence-corrected chi connectivity index (χ2v) is 11.1. The van der Waals surface area contributed by atoms with Gasteiger partial charge in [0, 0.05) is 56.6 Å². The zero-order valence-corrected chi connectivity index (χ0v) is 21.0. The Hall–Kier alpha value is -3.14. The van der Waals surface area contributed by atoms with E-state index in [1.54, 1.807) is 18.1 Å². The molecule has 1 aromatic heterocycles. The SMILES string of the molecule is COCCCN1C(=O)c2cccc3c(CC(=O)C4CCCCN4S(=O)(=O)c4cccnc4)ccc1c23. The second-order valence-electron chi connectivity index (χ2n) is 9.23. The van der Waals surface area contributed by atoms with Crippen LogP contribution in [0.3, 0.4) is 0 Å². The lowest BCUT2D eigenvalue weighted by Crippen LogP contribution is -2.48. The van der Waals surface area contributed by atoms with Gasteiger partial charge in [0.05, 0.1) is 11.7 Å². The third-order valence-corrected chi connectivity index (χ3v) is 8.93. The van der Waals surface area contributed by atoms with Crippen LogP contribution in [0.4, 0.5) is 5.69 Å². The molecule has 8 nitrogen and oxygen atoms in total. The molecular formula is C27H29N3O5S. The van der Waals surface area contributed by atoms with Crippen molar-refractivity contribution in [2.45, 2.75) is 43.0 Å². The Labute approximate surface area is 210 Å². The van der Waals surface area contributed by atoms with Crippen LogP contribution < -0.4 is 4.90 Å². The summed E-state index contributed by atoms with van der Waals surface area (Å²) in [6, 6.07) is 11.8. The molecule has 0 bridgehead atoms. The number of ether oxygens (including phenoxy) is 1. The first-order valence-electron chi connectivity index (χ1n) is 12.2. The van der Waals surface area contributed by atoms with Gasteiger partial charge in [-0.25, -0.2) is 8.42 Å². The summed E-state index contributed by atoms with van der Waals surface area (Å²) >= 11 is 0. The van der Waals surface area contributed by atoms with Crippen LogP contribution in [-0.4, -0.2) is 62.2 Å². The number of nitrogens with zero attached hydrogens (tertiary/aromatic N) is 3. The van der Waals surface area contributed by atoms with Gasteiger partial charge in [0.2, 0.25) is 10.0 Å². The average molecular weight is 508 g/mol. The number of Topliss-reactive ketones (excluding diaryl/α,β-unsaturated/α-hetero) is 1. The summed E-state index contributed by atoms with van der Waals surface area (Å²) in [5.74, 6) is -0.180. The van der Waals surface area contributed by atoms with Gasteiger partial charge < -0.3 is 9.64 Å². The zero-order chi connectivity index (χ0) is 25.3. The number of hydrogen-bond acceptors (Lipinski definition) is 6. The van der Waals surface area contributed by atoms with E-state index in [1.165, 1.54) is 22.8 Å². The van der Waals surface area contributed by atoms with Crippen molar-refractivity contribution < 1.29 is 22.7 Å². The van der Waals surface area contributed by atoms with Crippen LogP contribution in [0.5, 0.6) is 0 Å². The number of pyridine rings is 1. The lowest BCUT2D eigenvalue weighted by Gasteiger charge is -2.33. The molecule has 3 aromatic rings. The molecule has 0 radical (unpaired) electrons. The number of methoxy groups -OCH3 is 1. The van der Waals surface area contributed by atoms with Gasteiger partial charge in [-0.1, -0.05) is 24.6 Å². The van der Waals surface area contributed by atoms with Crippen LogP contribution in [0, 0.1) is 0 Å². The summed E-state index contributed by atoms with van der Waals surface area (Å²) in [4.78, 5) is 32.5. The van der Waals surface area contributed by atoms with Gasteiger partial charge in [0.25, 0.3) is 5.91 Å². The standard InChI is InChI=1S/C27H29N3O5S/c1-35-16-6-14-29-24-12-11-19(21-8-4-9-22(26(21)24)27(29)32)17-25(31)23-10-2-3-15-30(23)36(33,34)20-7-5-13-28-18-20/h4-5,7-9,11-13,18,23H,2-3,6,10,14-17H2,1H3. The fourth-order valence-electron chi connectivity index (χ4n) is 5.30. The van der Waals surface area contributed by atoms with E-state index in [4.69, 9.17) is 4.74 Å². The van der Waals surface area contributed by atoms with Gasteiger partial charge in [-0.05, 0) is 54.5 Å². The third kappa shape index (κ3) is 4.31. The molecule has 0 spiro atoms. The zero-order valence-electron chi connectivity index (χ0n) is 20.2. The van der Waals surface area contributed by atoms with Crippen molar-refractivity contribution in [3.05, 3.63) is 66.0 Å². The Morgan fingerprint density at radius 2 is 2.00 bits per heavy atom. The number of carbonyl (C=O) groups excluding carboxylic acids is 2. The lowest BCUT2D eigenvalue weighted by atomic mass is 9.93. The number of hydrogen-bond donors (Lipinski definition) is 0. The van der Waals surface area contributed by atoms with E-state index in [9.17, 15) is 18.0 Å². The predicted octanol–water partition coefficient (Wildman–Crippen LogP) is 3.59. The molecule has 188 valence electrons. The van der Waals surface area contributed by atoms with Crippen LogP contribution >= 0.6 is 0 Å². The molecule has 3 heterocycles. The van der Waals surface area contributed by atoms with E-state index in [0.717, 1.165) is 34.9 Å². The molecule has 1 fully saturated rings. The van der Waals surface area contributed by atoms with E-state index in [-0.39, 0.29) is 23.0 Å². The number of sulfonamides is 1. The Morgan fingerprint density at radius 1 is 1.14 bits per heavy atom. The molecule has 1 saturated heterocycles. The molecule has 1 atom stereocenters. The van der Waals surface area contributed by atoms with Crippen LogP contribution in [0.25, 0.3) is 10.8 Å². The maximum Gasteiger partial charge on any atom is 0.258 e. The Bertz CT molecular complexity index is 1410. The van der Waals surface area contributed by atoms with Crippen LogP contribution in [0.15, 0.2) is 59.8 Å². The van der Waals surface area contributed by atoms with E-state index < -0.39 is 16.1 Å². The van der Waals surface area contributed by atoms with Crippen LogP contribution in [0.1, 0.15) is 41.6 Å². The topological polar surface area (TPSA) is 96.9 Å². The molecule has 1 amide bonds. The van der Waals surface area contributed by atoms with Gasteiger partial charge in [0.1, 0.15) is 4.90 Å². The molecular weight excluding hydrogens is 478 g/mol. The van der Waals surface area contributed by atoms with E-state index in [0.29, 0.717) is 38.1 Å². The summed E-state index contributed by atoms with van der Waals surface area (Å²) in [6.07, 6.45) is 5.67. The maximum absolute atomic E-state index is 13.6. The number of amides is 1. The molecule has 1 unspecified atom stereocenters. The highest BCUT2D eigenvalue weighted by Gasteiger charge is 2.38. The van der Waals surface area contributed by atoms with Gasteiger partial charge in [0.15, 0.2) is 5.78 Å². The number of anilines is 1. The average Bonchev–Trinajstić information content (AvgIpc) is 3.18. The minimum Gasteiger partial charge on any atom is -0.385 e. The Balaban J connectivity index is 1.44. The first-order valence-corrected chi connectivity index (χ1v) is 13.7. The summed E-state index contributed by atoms with van der Waals surface area (Å²) in [7, 11) is -2.19. The highest BCUT2D eigenvalue weighted by molar-refractivity contribution is 7.89. The molecule has 36 heavy (non-hydrogen) atoms. The smallest absolute Gasteiger partial charge is 0.258 e. The first kappa shape index (κ1) is 24.5. The van der Waals surface area contributed by atoms with Crippen molar-refractivity contribution in [1.82, 2.24) is 9.29 Å². The van der Waals surface area contributed by atoms with Crippen molar-refractivity contribution in [3.8, 4) is 0 Å². The second kappa shape index (κ2) is 10.1. The Kier molecular flexibility index (Phi) is 6.87. The van der Waals surface area contributed by atoms with Crippen LogP contribution in [-0.2, 0) is 26.0 Å². The highest BCUT2D eigenvalue weighted by atomic mass is 32.2. The lowest BCUT2D eigenvalue weighted by molar-refractivity contribution is -0.122. The summed E-state index contributed by atoms with van der Waals surface area (Å²) in [6.45, 7) is 1.43. The van der Waals surface area contributed by atoms with Gasteiger partial charge in [-0.3, -0.25) is 14.6 Å². The molecule has 0 N–H and O–H groups in total. The minimum atomic E-state index is -3.83. The summed E-state index contributed by atoms with van der Waals surface area (Å²) < 4.78 is 33.1. The van der Waals surface area contributed by atoms with Gasteiger partial charge >= 0.3 is 0 Å². The van der Waals surface area contributed by atoms with Crippen molar-refractivity contribution in [1.29, 1.82) is 0 Å². The molecule has 9 heteroatoms.